The van der Waals surface area contributed by atoms with Crippen molar-refractivity contribution in [3.05, 3.63) is 36.5 Å². The Balaban J connectivity index is 1.18. The Morgan fingerprint density at radius 1 is 1.04 bits per heavy atom. The van der Waals surface area contributed by atoms with Gasteiger partial charge in [-0.05, 0) is 68.4 Å². The summed E-state index contributed by atoms with van der Waals surface area (Å²) in [6.07, 6.45) is 10.4. The summed E-state index contributed by atoms with van der Waals surface area (Å²) in [6, 6.07) is 10.1. The van der Waals surface area contributed by atoms with E-state index < -0.39 is 0 Å². The Kier molecular flexibility index (Phi) is 3.72. The second kappa shape index (κ2) is 6.20. The molecule has 1 unspecified atom stereocenters. The van der Waals surface area contributed by atoms with Crippen molar-refractivity contribution in [2.24, 2.45) is 23.2 Å². The van der Waals surface area contributed by atoms with Gasteiger partial charge >= 0.3 is 0 Å². The van der Waals surface area contributed by atoms with Crippen LogP contribution in [0.15, 0.2) is 36.5 Å². The summed E-state index contributed by atoms with van der Waals surface area (Å²) in [5.74, 6) is 3.71. The molecule has 4 nitrogen and oxygen atoms in total. The van der Waals surface area contributed by atoms with Gasteiger partial charge in [-0.1, -0.05) is 18.2 Å². The number of ether oxygens (including phenoxy) is 1. The number of hydrogen-bond donors (Lipinski definition) is 0. The van der Waals surface area contributed by atoms with E-state index in [0.717, 1.165) is 73.2 Å². The molecule has 7 rings (SSSR count). The molecule has 2 aromatic rings. The molecule has 0 radical (unpaired) electrons. The minimum absolute atomic E-state index is 0.0371. The van der Waals surface area contributed by atoms with Crippen LogP contribution in [0, 0.1) is 23.2 Å². The first kappa shape index (κ1) is 16.8. The van der Waals surface area contributed by atoms with Gasteiger partial charge in [0.1, 0.15) is 17.4 Å². The molecule has 5 aliphatic rings. The fraction of sp³-hybridized carbons (Fsp3) is 0.583. The summed E-state index contributed by atoms with van der Waals surface area (Å²) < 4.78 is 6.33. The fourth-order valence-electron chi connectivity index (χ4n) is 7.07. The number of carbonyl (C=O) groups is 1. The van der Waals surface area contributed by atoms with Crippen LogP contribution >= 0.6 is 0 Å². The summed E-state index contributed by atoms with van der Waals surface area (Å²) in [6.45, 7) is 1.56. The molecule has 1 aromatic heterocycles. The van der Waals surface area contributed by atoms with E-state index in [0.29, 0.717) is 5.91 Å². The van der Waals surface area contributed by atoms with Crippen molar-refractivity contribution >= 4 is 16.8 Å². The van der Waals surface area contributed by atoms with Gasteiger partial charge in [0.2, 0.25) is 5.91 Å². The third kappa shape index (κ3) is 2.64. The van der Waals surface area contributed by atoms with Gasteiger partial charge in [0.05, 0.1) is 12.0 Å². The smallest absolute Gasteiger partial charge is 0.228 e. The van der Waals surface area contributed by atoms with E-state index in [4.69, 9.17) is 4.74 Å². The number of benzene rings is 1. The van der Waals surface area contributed by atoms with Crippen molar-refractivity contribution in [1.82, 2.24) is 9.88 Å². The Morgan fingerprint density at radius 2 is 1.75 bits per heavy atom. The normalized spacial score (nSPS) is 36.2. The number of pyridine rings is 1. The quantitative estimate of drug-likeness (QED) is 0.796. The standard InChI is InChI=1S/C24H28N2O2/c27-23(24-12-16-9-17(13-24)11-18(10-16)14-24)26-8-6-20(15-26)28-21-5-1-3-19-4-2-7-25-22(19)21/h1-5,7,16-18,20H,6,8-15H2. The molecule has 0 N–H and O–H groups in total. The zero-order chi connectivity index (χ0) is 18.7. The number of fused-ring (bicyclic) bond motifs is 1. The molecule has 146 valence electrons. The maximum Gasteiger partial charge on any atom is 0.228 e. The first-order chi connectivity index (χ1) is 13.7. The van der Waals surface area contributed by atoms with E-state index in [9.17, 15) is 4.79 Å². The van der Waals surface area contributed by atoms with Gasteiger partial charge < -0.3 is 9.64 Å². The summed E-state index contributed by atoms with van der Waals surface area (Å²) in [7, 11) is 0. The van der Waals surface area contributed by atoms with Gasteiger partial charge in [-0.2, -0.15) is 0 Å². The van der Waals surface area contributed by atoms with Gasteiger partial charge in [0.25, 0.3) is 0 Å². The third-order valence-corrected chi connectivity index (χ3v) is 7.81. The van der Waals surface area contributed by atoms with E-state index in [-0.39, 0.29) is 11.5 Å². The molecule has 1 atom stereocenters. The molecular formula is C24H28N2O2. The Labute approximate surface area is 166 Å². The number of hydrogen-bond acceptors (Lipinski definition) is 3. The molecule has 1 saturated heterocycles. The highest BCUT2D eigenvalue weighted by molar-refractivity contribution is 5.85. The molecule has 28 heavy (non-hydrogen) atoms. The highest BCUT2D eigenvalue weighted by Gasteiger charge is 2.56. The van der Waals surface area contributed by atoms with Crippen LogP contribution in [-0.4, -0.2) is 35.0 Å². The van der Waals surface area contributed by atoms with Crippen molar-refractivity contribution in [3.63, 3.8) is 0 Å². The van der Waals surface area contributed by atoms with E-state index in [1.54, 1.807) is 0 Å². The fourth-order valence-corrected chi connectivity index (χ4v) is 7.07. The van der Waals surface area contributed by atoms with E-state index in [1.807, 2.05) is 24.4 Å². The molecule has 0 spiro atoms. The number of carbonyl (C=O) groups excluding carboxylic acids is 1. The molecule has 4 heteroatoms. The van der Waals surface area contributed by atoms with Crippen LogP contribution < -0.4 is 4.74 Å². The average Bonchev–Trinajstić information content (AvgIpc) is 3.15. The van der Waals surface area contributed by atoms with Crippen molar-refractivity contribution < 1.29 is 9.53 Å². The van der Waals surface area contributed by atoms with Gasteiger partial charge in [-0.25, -0.2) is 0 Å². The number of rotatable bonds is 3. The van der Waals surface area contributed by atoms with Gasteiger partial charge in [0, 0.05) is 24.5 Å². The molecule has 4 saturated carbocycles. The highest BCUT2D eigenvalue weighted by Crippen LogP contribution is 2.60. The zero-order valence-corrected chi connectivity index (χ0v) is 16.3. The second-order valence-corrected chi connectivity index (χ2v) is 9.81. The molecule has 1 aromatic carbocycles. The predicted octanol–water partition coefficient (Wildman–Crippen LogP) is 4.43. The van der Waals surface area contributed by atoms with E-state index in [1.165, 1.54) is 19.3 Å². The van der Waals surface area contributed by atoms with E-state index >= 15 is 0 Å². The number of likely N-dealkylation sites (tertiary alicyclic amines) is 1. The lowest BCUT2D eigenvalue weighted by Crippen LogP contribution is -2.54. The monoisotopic (exact) mass is 376 g/mol. The summed E-state index contributed by atoms with van der Waals surface area (Å²) in [4.78, 5) is 20.2. The van der Waals surface area contributed by atoms with Crippen molar-refractivity contribution in [1.29, 1.82) is 0 Å². The molecule has 2 heterocycles. The first-order valence-electron chi connectivity index (χ1n) is 11.0. The van der Waals surface area contributed by atoms with Crippen LogP contribution in [0.4, 0.5) is 0 Å². The summed E-state index contributed by atoms with van der Waals surface area (Å²) >= 11 is 0. The third-order valence-electron chi connectivity index (χ3n) is 7.81. The van der Waals surface area contributed by atoms with Crippen LogP contribution in [-0.2, 0) is 4.79 Å². The highest BCUT2D eigenvalue weighted by atomic mass is 16.5. The predicted molar refractivity (Wildman–Crippen MR) is 108 cm³/mol. The SMILES string of the molecule is O=C(N1CCC(Oc2cccc3cccnc23)C1)C12CC3CC(CC(C3)C1)C2. The molecule has 1 amide bonds. The Morgan fingerprint density at radius 3 is 2.50 bits per heavy atom. The number of nitrogens with zero attached hydrogens (tertiary/aromatic N) is 2. The molecule has 1 aliphatic heterocycles. The minimum atomic E-state index is -0.0371. The van der Waals surface area contributed by atoms with Gasteiger partial charge in [-0.3, -0.25) is 9.78 Å². The van der Waals surface area contributed by atoms with Gasteiger partial charge in [-0.15, -0.1) is 0 Å². The molecule has 4 aliphatic carbocycles. The Bertz CT molecular complexity index is 883. The average molecular weight is 377 g/mol. The van der Waals surface area contributed by atoms with Crippen LogP contribution in [0.1, 0.15) is 44.9 Å². The van der Waals surface area contributed by atoms with Crippen LogP contribution in [0.3, 0.4) is 0 Å². The van der Waals surface area contributed by atoms with Crippen LogP contribution in [0.2, 0.25) is 0 Å². The van der Waals surface area contributed by atoms with E-state index in [2.05, 4.69) is 22.0 Å². The van der Waals surface area contributed by atoms with Crippen molar-refractivity contribution in [3.8, 4) is 5.75 Å². The van der Waals surface area contributed by atoms with Gasteiger partial charge in [0.15, 0.2) is 0 Å². The molecular weight excluding hydrogens is 348 g/mol. The lowest BCUT2D eigenvalue weighted by Gasteiger charge is -2.56. The topological polar surface area (TPSA) is 42.4 Å². The van der Waals surface area contributed by atoms with Crippen molar-refractivity contribution in [2.45, 2.75) is 51.0 Å². The van der Waals surface area contributed by atoms with Crippen LogP contribution in [0.25, 0.3) is 10.9 Å². The largest absolute Gasteiger partial charge is 0.486 e. The number of para-hydroxylation sites is 1. The second-order valence-electron chi connectivity index (χ2n) is 9.81. The molecule has 4 bridgehead atoms. The zero-order valence-electron chi connectivity index (χ0n) is 16.3. The number of amides is 1. The maximum atomic E-state index is 13.6. The lowest BCUT2D eigenvalue weighted by atomic mass is 9.49. The minimum Gasteiger partial charge on any atom is -0.486 e. The first-order valence-corrected chi connectivity index (χ1v) is 11.0. The van der Waals surface area contributed by atoms with Crippen molar-refractivity contribution in [2.75, 3.05) is 13.1 Å². The summed E-state index contributed by atoms with van der Waals surface area (Å²) in [5.41, 5.74) is 0.876. The number of aromatic nitrogens is 1. The molecule has 5 fully saturated rings. The lowest BCUT2D eigenvalue weighted by molar-refractivity contribution is -0.156. The van der Waals surface area contributed by atoms with Crippen LogP contribution in [0.5, 0.6) is 5.75 Å². The Hall–Kier alpha value is -2.10. The maximum absolute atomic E-state index is 13.6. The summed E-state index contributed by atoms with van der Waals surface area (Å²) in [5, 5.41) is 1.10.